The summed E-state index contributed by atoms with van der Waals surface area (Å²) in [5.41, 5.74) is -0.679. The van der Waals surface area contributed by atoms with Gasteiger partial charge in [0, 0.05) is 42.3 Å². The molecule has 0 aromatic heterocycles. The molecule has 5 nitrogen and oxygen atoms in total. The molecule has 2 fully saturated rings. The molecule has 1 saturated carbocycles. The number of carbonyl (C=O) groups excluding carboxylic acids is 2. The third-order valence-electron chi connectivity index (χ3n) is 4.04. The Kier molecular flexibility index (Phi) is 4.60. The first-order chi connectivity index (χ1) is 9.03. The summed E-state index contributed by atoms with van der Waals surface area (Å²) in [7, 11) is -0.912. The van der Waals surface area contributed by atoms with Crippen LogP contribution in [0.1, 0.15) is 38.5 Å². The van der Waals surface area contributed by atoms with Gasteiger partial charge in [0.15, 0.2) is 0 Å². The summed E-state index contributed by atoms with van der Waals surface area (Å²) in [4.78, 5) is 26.3. The third-order valence-corrected chi connectivity index (χ3v) is 4.80. The van der Waals surface area contributed by atoms with Crippen LogP contribution < -0.4 is 5.32 Å². The zero-order valence-electron chi connectivity index (χ0n) is 11.4. The summed E-state index contributed by atoms with van der Waals surface area (Å²) in [5.74, 6) is 0.481. The zero-order chi connectivity index (χ0) is 13.9. The van der Waals surface area contributed by atoms with E-state index in [1.807, 2.05) is 0 Å². The fourth-order valence-corrected chi connectivity index (χ4v) is 3.45. The molecular formula is C13H22N2O3S. The largest absolute Gasteiger partial charge is 0.342 e. The molecule has 1 spiro atoms. The first-order valence-corrected chi connectivity index (χ1v) is 8.67. The highest BCUT2D eigenvalue weighted by molar-refractivity contribution is 7.84. The van der Waals surface area contributed by atoms with Gasteiger partial charge in [-0.1, -0.05) is 19.3 Å². The molecule has 2 rings (SSSR count). The van der Waals surface area contributed by atoms with E-state index in [0.29, 0.717) is 25.3 Å². The molecule has 1 atom stereocenters. The first kappa shape index (κ1) is 14.5. The van der Waals surface area contributed by atoms with Crippen LogP contribution in [0.3, 0.4) is 0 Å². The number of nitrogens with zero attached hydrogens (tertiary/aromatic N) is 1. The summed E-state index contributed by atoms with van der Waals surface area (Å²) in [6.07, 6.45) is 6.57. The minimum atomic E-state index is -0.912. The average Bonchev–Trinajstić information content (AvgIpc) is 2.48. The van der Waals surface area contributed by atoms with Gasteiger partial charge in [-0.15, -0.1) is 0 Å². The highest BCUT2D eigenvalue weighted by atomic mass is 32.2. The molecule has 1 unspecified atom stereocenters. The molecule has 2 aliphatic rings. The average molecular weight is 286 g/mol. The highest BCUT2D eigenvalue weighted by Gasteiger charge is 2.44. The van der Waals surface area contributed by atoms with Gasteiger partial charge in [-0.2, -0.15) is 0 Å². The molecule has 0 aromatic rings. The van der Waals surface area contributed by atoms with Gasteiger partial charge in [0.05, 0.1) is 0 Å². The molecule has 1 saturated heterocycles. The van der Waals surface area contributed by atoms with E-state index in [-0.39, 0.29) is 11.8 Å². The van der Waals surface area contributed by atoms with E-state index in [9.17, 15) is 13.8 Å². The van der Waals surface area contributed by atoms with Crippen LogP contribution in [0.25, 0.3) is 0 Å². The lowest BCUT2D eigenvalue weighted by Crippen LogP contribution is -2.58. The van der Waals surface area contributed by atoms with Gasteiger partial charge < -0.3 is 10.2 Å². The van der Waals surface area contributed by atoms with E-state index in [4.69, 9.17) is 0 Å². The molecule has 19 heavy (non-hydrogen) atoms. The smallest absolute Gasteiger partial charge is 0.248 e. The minimum Gasteiger partial charge on any atom is -0.342 e. The van der Waals surface area contributed by atoms with Crippen molar-refractivity contribution in [3.8, 4) is 0 Å². The van der Waals surface area contributed by atoms with Crippen LogP contribution in [0.2, 0.25) is 0 Å². The zero-order valence-corrected chi connectivity index (χ0v) is 12.3. The second-order valence-electron chi connectivity index (χ2n) is 5.51. The summed E-state index contributed by atoms with van der Waals surface area (Å²) >= 11 is 0. The Balaban J connectivity index is 2.14. The molecule has 108 valence electrons. The fraction of sp³-hybridized carbons (Fsp3) is 0.846. The molecular weight excluding hydrogens is 264 g/mol. The van der Waals surface area contributed by atoms with Crippen LogP contribution >= 0.6 is 0 Å². The summed E-state index contributed by atoms with van der Waals surface area (Å²) in [6, 6.07) is 0. The number of nitrogens with one attached hydrogen (secondary N) is 1. The quantitative estimate of drug-likeness (QED) is 0.817. The maximum atomic E-state index is 12.7. The molecule has 1 N–H and O–H groups in total. The number of hydrogen-bond acceptors (Lipinski definition) is 3. The predicted molar refractivity (Wildman–Crippen MR) is 74.1 cm³/mol. The van der Waals surface area contributed by atoms with Gasteiger partial charge >= 0.3 is 0 Å². The topological polar surface area (TPSA) is 66.5 Å². The van der Waals surface area contributed by atoms with E-state index in [1.165, 1.54) is 0 Å². The highest BCUT2D eigenvalue weighted by Crippen LogP contribution is 2.31. The monoisotopic (exact) mass is 286 g/mol. The van der Waals surface area contributed by atoms with Crippen LogP contribution in [-0.4, -0.2) is 51.6 Å². The maximum Gasteiger partial charge on any atom is 0.248 e. The Bertz CT molecular complexity index is 391. The first-order valence-electron chi connectivity index (χ1n) is 6.94. The van der Waals surface area contributed by atoms with E-state index >= 15 is 0 Å². The van der Waals surface area contributed by atoms with Crippen molar-refractivity contribution in [2.75, 3.05) is 25.1 Å². The lowest BCUT2D eigenvalue weighted by Gasteiger charge is -2.38. The molecule has 6 heteroatoms. The Hall–Kier alpha value is -0.910. The number of rotatable bonds is 3. The standard InChI is InChI=1S/C13H22N2O3S/c1-19(18)10-9-15-8-5-11(16)14-13(12(15)17)6-3-2-4-7-13/h2-10H2,1H3,(H,14,16). The van der Waals surface area contributed by atoms with Crippen LogP contribution in [-0.2, 0) is 20.4 Å². The number of amides is 2. The molecule has 0 aromatic carbocycles. The second-order valence-corrected chi connectivity index (χ2v) is 7.07. The Morgan fingerprint density at radius 2 is 1.95 bits per heavy atom. The van der Waals surface area contributed by atoms with Crippen molar-refractivity contribution in [3.05, 3.63) is 0 Å². The molecule has 1 aliphatic heterocycles. The number of carbonyl (C=O) groups is 2. The lowest BCUT2D eigenvalue weighted by atomic mass is 9.80. The molecule has 0 bridgehead atoms. The maximum absolute atomic E-state index is 12.7. The van der Waals surface area contributed by atoms with Crippen LogP contribution in [0.5, 0.6) is 0 Å². The molecule has 1 aliphatic carbocycles. The second kappa shape index (κ2) is 6.03. The molecule has 2 amide bonds. The Morgan fingerprint density at radius 1 is 1.26 bits per heavy atom. The minimum absolute atomic E-state index is 0.0310. The summed E-state index contributed by atoms with van der Waals surface area (Å²) in [5, 5.41) is 2.96. The predicted octanol–water partition coefficient (Wildman–Crippen LogP) is 0.416. The fourth-order valence-electron chi connectivity index (χ4n) is 2.97. The van der Waals surface area contributed by atoms with Crippen molar-refractivity contribution in [3.63, 3.8) is 0 Å². The van der Waals surface area contributed by atoms with Gasteiger partial charge in [-0.25, -0.2) is 0 Å². The van der Waals surface area contributed by atoms with Gasteiger partial charge in [-0.05, 0) is 12.8 Å². The van der Waals surface area contributed by atoms with Crippen molar-refractivity contribution >= 4 is 22.6 Å². The Labute approximate surface area is 116 Å². The van der Waals surface area contributed by atoms with Crippen molar-refractivity contribution in [1.29, 1.82) is 0 Å². The van der Waals surface area contributed by atoms with Gasteiger partial charge in [0.2, 0.25) is 11.8 Å². The van der Waals surface area contributed by atoms with Gasteiger partial charge in [0.1, 0.15) is 5.54 Å². The summed E-state index contributed by atoms with van der Waals surface area (Å²) in [6.45, 7) is 0.933. The van der Waals surface area contributed by atoms with Crippen LogP contribution in [0.15, 0.2) is 0 Å². The Morgan fingerprint density at radius 3 is 2.58 bits per heavy atom. The summed E-state index contributed by atoms with van der Waals surface area (Å²) < 4.78 is 11.2. The van der Waals surface area contributed by atoms with Crippen molar-refractivity contribution in [1.82, 2.24) is 10.2 Å². The van der Waals surface area contributed by atoms with Gasteiger partial charge in [0.25, 0.3) is 0 Å². The third kappa shape index (κ3) is 3.35. The van der Waals surface area contributed by atoms with Crippen LogP contribution in [0.4, 0.5) is 0 Å². The van der Waals surface area contributed by atoms with Gasteiger partial charge in [-0.3, -0.25) is 13.8 Å². The normalized spacial score (nSPS) is 25.0. The van der Waals surface area contributed by atoms with Crippen molar-refractivity contribution in [2.45, 2.75) is 44.1 Å². The van der Waals surface area contributed by atoms with E-state index in [2.05, 4.69) is 5.32 Å². The van der Waals surface area contributed by atoms with E-state index < -0.39 is 16.3 Å². The van der Waals surface area contributed by atoms with Crippen LogP contribution in [0, 0.1) is 0 Å². The van der Waals surface area contributed by atoms with Crippen molar-refractivity contribution < 1.29 is 13.8 Å². The lowest BCUT2D eigenvalue weighted by molar-refractivity contribution is -0.140. The van der Waals surface area contributed by atoms with Crippen molar-refractivity contribution in [2.24, 2.45) is 0 Å². The van der Waals surface area contributed by atoms with E-state index in [0.717, 1.165) is 32.1 Å². The molecule has 0 radical (unpaired) electrons. The van der Waals surface area contributed by atoms with E-state index in [1.54, 1.807) is 11.2 Å². The SMILES string of the molecule is CS(=O)CCN1CCC(=O)NC2(CCCCC2)C1=O. The number of hydrogen-bond donors (Lipinski definition) is 1. The molecule has 1 heterocycles.